The van der Waals surface area contributed by atoms with E-state index in [9.17, 15) is 9.59 Å². The van der Waals surface area contributed by atoms with E-state index < -0.39 is 5.41 Å². The molecule has 0 aliphatic heterocycles. The summed E-state index contributed by atoms with van der Waals surface area (Å²) in [6.07, 6.45) is 4.57. The molecule has 34 heavy (non-hydrogen) atoms. The number of nitrogens with zero attached hydrogens (tertiary/aromatic N) is 3. The molecule has 0 fully saturated rings. The number of hydrogen-bond donors (Lipinski definition) is 1. The molecule has 1 aliphatic rings. The quantitative estimate of drug-likeness (QED) is 0.499. The molecule has 1 aromatic carbocycles. The van der Waals surface area contributed by atoms with Gasteiger partial charge in [-0.1, -0.05) is 19.1 Å². The Hall–Kier alpha value is -3.26. The number of carbonyl (C=O) groups is 2. The molecule has 2 aromatic heterocycles. The van der Waals surface area contributed by atoms with Crippen LogP contribution in [0.15, 0.2) is 47.6 Å². The number of nitrogens with one attached hydrogen (secondary N) is 1. The zero-order valence-corrected chi connectivity index (χ0v) is 20.7. The van der Waals surface area contributed by atoms with Crippen molar-refractivity contribution in [3.05, 3.63) is 70.8 Å². The maximum Gasteiger partial charge on any atom is 0.231 e. The van der Waals surface area contributed by atoms with E-state index in [2.05, 4.69) is 27.2 Å². The number of rotatable bonds is 7. The molecule has 176 valence electrons. The van der Waals surface area contributed by atoms with Crippen molar-refractivity contribution in [3.8, 4) is 5.88 Å². The molecule has 7 nitrogen and oxygen atoms in total. The minimum atomic E-state index is -0.786. The van der Waals surface area contributed by atoms with Crippen LogP contribution in [0.2, 0.25) is 0 Å². The van der Waals surface area contributed by atoms with Gasteiger partial charge in [0, 0.05) is 10.5 Å². The number of amides is 1. The number of pyridine rings is 1. The van der Waals surface area contributed by atoms with Gasteiger partial charge in [0.1, 0.15) is 5.82 Å². The Balaban J connectivity index is 1.50. The number of carbonyl (C=O) groups excluding carboxylic acids is 2. The number of ether oxygens (including phenoxy) is 1. The van der Waals surface area contributed by atoms with E-state index in [4.69, 9.17) is 4.74 Å². The third kappa shape index (κ3) is 4.82. The Bertz CT molecular complexity index is 1210. The highest BCUT2D eigenvalue weighted by atomic mass is 32.2. The Morgan fingerprint density at radius 3 is 2.62 bits per heavy atom. The fourth-order valence-corrected chi connectivity index (χ4v) is 4.91. The second-order valence-corrected chi connectivity index (χ2v) is 9.89. The molecule has 0 bridgehead atoms. The van der Waals surface area contributed by atoms with E-state index in [0.717, 1.165) is 16.9 Å². The van der Waals surface area contributed by atoms with Crippen molar-refractivity contribution in [2.24, 2.45) is 0 Å². The summed E-state index contributed by atoms with van der Waals surface area (Å²) in [6, 6.07) is 9.79. The smallest absolute Gasteiger partial charge is 0.231 e. The second kappa shape index (κ2) is 9.93. The van der Waals surface area contributed by atoms with E-state index in [1.807, 2.05) is 38.1 Å². The van der Waals surface area contributed by atoms with Crippen molar-refractivity contribution < 1.29 is 14.3 Å². The highest BCUT2D eigenvalue weighted by molar-refractivity contribution is 7.99. The van der Waals surface area contributed by atoms with Crippen LogP contribution in [-0.4, -0.2) is 39.5 Å². The molecule has 0 radical (unpaired) electrons. The number of methoxy groups -OCH3 is 1. The molecule has 1 unspecified atom stereocenters. The summed E-state index contributed by atoms with van der Waals surface area (Å²) in [5.74, 6) is 1.73. The standard InChI is InChI=1S/C26H28N4O3S/c1-5-34-18-8-6-17(7-9-18)13-22(31)30-21-12-16(2)24-19(29-21)10-11-26(3,25(24)32)20-14-28-23(33-4)15-27-20/h6-9,12,14-15H,5,10-11,13H2,1-4H3,(H,29,30,31). The summed E-state index contributed by atoms with van der Waals surface area (Å²) in [7, 11) is 1.53. The van der Waals surface area contributed by atoms with Gasteiger partial charge >= 0.3 is 0 Å². The first-order chi connectivity index (χ1) is 16.3. The molecule has 4 rings (SSSR count). The predicted octanol–water partition coefficient (Wildman–Crippen LogP) is 4.57. The molecule has 0 saturated carbocycles. The maximum absolute atomic E-state index is 13.5. The first kappa shape index (κ1) is 23.9. The van der Waals surface area contributed by atoms with Gasteiger partial charge in [0.15, 0.2) is 5.78 Å². The van der Waals surface area contributed by atoms with Crippen molar-refractivity contribution in [2.45, 2.75) is 50.3 Å². The van der Waals surface area contributed by atoms with Gasteiger partial charge in [0.05, 0.1) is 42.7 Å². The number of benzene rings is 1. The van der Waals surface area contributed by atoms with Gasteiger partial charge in [-0.05, 0) is 61.8 Å². The third-order valence-corrected chi connectivity index (χ3v) is 7.04. The molecular weight excluding hydrogens is 448 g/mol. The van der Waals surface area contributed by atoms with Crippen LogP contribution in [0.25, 0.3) is 0 Å². The summed E-state index contributed by atoms with van der Waals surface area (Å²) in [6.45, 7) is 5.89. The lowest BCUT2D eigenvalue weighted by Crippen LogP contribution is -2.39. The Kier molecular flexibility index (Phi) is 6.97. The van der Waals surface area contributed by atoms with Crippen LogP contribution in [0.3, 0.4) is 0 Å². The summed E-state index contributed by atoms with van der Waals surface area (Å²) < 4.78 is 5.08. The Labute approximate surface area is 203 Å². The van der Waals surface area contributed by atoms with Crippen LogP contribution in [-0.2, 0) is 23.1 Å². The van der Waals surface area contributed by atoms with Crippen molar-refractivity contribution in [3.63, 3.8) is 0 Å². The van der Waals surface area contributed by atoms with Gasteiger partial charge < -0.3 is 10.1 Å². The van der Waals surface area contributed by atoms with Crippen molar-refractivity contribution >= 4 is 29.3 Å². The molecule has 3 aromatic rings. The minimum absolute atomic E-state index is 0.0267. The minimum Gasteiger partial charge on any atom is -0.480 e. The van der Waals surface area contributed by atoms with Crippen LogP contribution in [0, 0.1) is 6.92 Å². The molecule has 1 aliphatic carbocycles. The van der Waals surface area contributed by atoms with Crippen LogP contribution in [0.4, 0.5) is 5.82 Å². The number of aryl methyl sites for hydroxylation is 2. The zero-order chi connectivity index (χ0) is 24.3. The lowest BCUT2D eigenvalue weighted by Gasteiger charge is -2.33. The number of hydrogen-bond acceptors (Lipinski definition) is 7. The average molecular weight is 477 g/mol. The molecule has 1 N–H and O–H groups in total. The Morgan fingerprint density at radius 2 is 1.97 bits per heavy atom. The Morgan fingerprint density at radius 1 is 1.21 bits per heavy atom. The molecule has 0 saturated heterocycles. The normalized spacial score (nSPS) is 17.2. The average Bonchev–Trinajstić information content (AvgIpc) is 2.83. The van der Waals surface area contributed by atoms with Gasteiger partial charge in [0.25, 0.3) is 0 Å². The highest BCUT2D eigenvalue weighted by Crippen LogP contribution is 2.38. The summed E-state index contributed by atoms with van der Waals surface area (Å²) in [5, 5.41) is 2.90. The molecular formula is C26H28N4O3S. The van der Waals surface area contributed by atoms with E-state index in [1.165, 1.54) is 18.2 Å². The highest BCUT2D eigenvalue weighted by Gasteiger charge is 2.42. The number of ketones is 1. The fourth-order valence-electron chi connectivity index (χ4n) is 4.24. The number of anilines is 1. The second-order valence-electron chi connectivity index (χ2n) is 8.55. The van der Waals surface area contributed by atoms with E-state index >= 15 is 0 Å². The van der Waals surface area contributed by atoms with Crippen LogP contribution in [0.5, 0.6) is 5.88 Å². The lowest BCUT2D eigenvalue weighted by atomic mass is 9.70. The fraction of sp³-hybridized carbons (Fsp3) is 0.346. The van der Waals surface area contributed by atoms with Gasteiger partial charge in [-0.3, -0.25) is 14.6 Å². The number of Topliss-reactive ketones (excluding diaryl/α,β-unsaturated/α-hetero) is 1. The van der Waals surface area contributed by atoms with Gasteiger partial charge in [-0.2, -0.15) is 0 Å². The first-order valence-corrected chi connectivity index (χ1v) is 12.3. The van der Waals surface area contributed by atoms with E-state index in [0.29, 0.717) is 41.5 Å². The number of aromatic nitrogens is 3. The molecule has 0 spiro atoms. The van der Waals surface area contributed by atoms with Gasteiger partial charge in [-0.15, -0.1) is 11.8 Å². The van der Waals surface area contributed by atoms with Crippen LogP contribution in [0.1, 0.15) is 53.1 Å². The van der Waals surface area contributed by atoms with Gasteiger partial charge in [-0.25, -0.2) is 9.97 Å². The lowest BCUT2D eigenvalue weighted by molar-refractivity contribution is -0.115. The summed E-state index contributed by atoms with van der Waals surface area (Å²) in [5.41, 5.74) is 2.88. The molecule has 2 heterocycles. The van der Waals surface area contributed by atoms with Crippen LogP contribution < -0.4 is 10.1 Å². The monoisotopic (exact) mass is 476 g/mol. The SMILES string of the molecule is CCSc1ccc(CC(=O)Nc2cc(C)c3c(n2)CCC(C)(c2cnc(OC)cn2)C3=O)cc1. The van der Waals surface area contributed by atoms with Crippen molar-refractivity contribution in [1.82, 2.24) is 15.0 Å². The molecule has 1 amide bonds. The molecule has 1 atom stereocenters. The molecule has 8 heteroatoms. The largest absolute Gasteiger partial charge is 0.480 e. The summed E-state index contributed by atoms with van der Waals surface area (Å²) in [4.78, 5) is 40.6. The van der Waals surface area contributed by atoms with Crippen molar-refractivity contribution in [2.75, 3.05) is 18.2 Å². The van der Waals surface area contributed by atoms with Crippen LogP contribution >= 0.6 is 11.8 Å². The maximum atomic E-state index is 13.5. The van der Waals surface area contributed by atoms with E-state index in [-0.39, 0.29) is 18.1 Å². The van der Waals surface area contributed by atoms with Gasteiger partial charge in [0.2, 0.25) is 11.8 Å². The number of fused-ring (bicyclic) bond motifs is 1. The zero-order valence-electron chi connectivity index (χ0n) is 19.8. The third-order valence-electron chi connectivity index (χ3n) is 6.15. The van der Waals surface area contributed by atoms with E-state index in [1.54, 1.807) is 24.0 Å². The number of thioether (sulfide) groups is 1. The predicted molar refractivity (Wildman–Crippen MR) is 133 cm³/mol. The summed E-state index contributed by atoms with van der Waals surface area (Å²) >= 11 is 1.77. The topological polar surface area (TPSA) is 94.1 Å². The van der Waals surface area contributed by atoms with Crippen molar-refractivity contribution in [1.29, 1.82) is 0 Å². The first-order valence-electron chi connectivity index (χ1n) is 11.3.